The van der Waals surface area contributed by atoms with E-state index in [1.165, 1.54) is 51.4 Å². The second-order valence-corrected chi connectivity index (χ2v) is 6.01. The lowest BCUT2D eigenvalue weighted by Crippen LogP contribution is -2.01. The minimum atomic E-state index is 1.08. The monoisotopic (exact) mass is 188 g/mol. The van der Waals surface area contributed by atoms with Crippen LogP contribution in [0.2, 0.25) is 0 Å². The van der Waals surface area contributed by atoms with Gasteiger partial charge in [-0.2, -0.15) is 0 Å². The molecule has 4 rings (SSSR count). The number of allylic oxidation sites excluding steroid dienone is 2. The van der Waals surface area contributed by atoms with Gasteiger partial charge in [-0.15, -0.1) is 0 Å². The van der Waals surface area contributed by atoms with E-state index in [1.807, 2.05) is 11.1 Å². The summed E-state index contributed by atoms with van der Waals surface area (Å²) in [5.41, 5.74) is 4.05. The minimum absolute atomic E-state index is 1.08. The predicted molar refractivity (Wildman–Crippen MR) is 57.9 cm³/mol. The molecule has 0 heteroatoms. The van der Waals surface area contributed by atoms with E-state index < -0.39 is 0 Å². The van der Waals surface area contributed by atoms with Crippen LogP contribution in [0.3, 0.4) is 0 Å². The summed E-state index contributed by atoms with van der Waals surface area (Å²) in [6.45, 7) is 0. The summed E-state index contributed by atoms with van der Waals surface area (Å²) in [4.78, 5) is 0. The molecular weight excluding hydrogens is 168 g/mol. The second-order valence-electron chi connectivity index (χ2n) is 6.01. The molecule has 0 atom stereocenters. The van der Waals surface area contributed by atoms with Crippen molar-refractivity contribution in [3.05, 3.63) is 11.1 Å². The third-order valence-electron chi connectivity index (χ3n) is 4.40. The van der Waals surface area contributed by atoms with E-state index in [-0.39, 0.29) is 0 Å². The summed E-state index contributed by atoms with van der Waals surface area (Å²) in [6, 6.07) is 0. The van der Waals surface area contributed by atoms with Gasteiger partial charge in [0.2, 0.25) is 0 Å². The zero-order chi connectivity index (χ0) is 9.12. The molecule has 14 heavy (non-hydrogen) atoms. The summed E-state index contributed by atoms with van der Waals surface area (Å²) in [5, 5.41) is 0. The molecule has 4 fully saturated rings. The first-order valence-electron chi connectivity index (χ1n) is 6.67. The summed E-state index contributed by atoms with van der Waals surface area (Å²) in [7, 11) is 0. The highest BCUT2D eigenvalue weighted by Crippen LogP contribution is 2.58. The third-order valence-corrected chi connectivity index (χ3v) is 4.40. The first-order chi connectivity index (χ1) is 6.93. The van der Waals surface area contributed by atoms with Crippen molar-refractivity contribution in [3.8, 4) is 0 Å². The molecule has 0 amide bonds. The molecule has 0 bridgehead atoms. The minimum Gasteiger partial charge on any atom is -0.0642 e. The molecular formula is C14H20. The maximum Gasteiger partial charge on any atom is -0.0197 e. The summed E-state index contributed by atoms with van der Waals surface area (Å²) in [6.07, 6.45) is 12.3. The van der Waals surface area contributed by atoms with E-state index in [1.54, 1.807) is 0 Å². The molecule has 0 spiro atoms. The van der Waals surface area contributed by atoms with Crippen molar-refractivity contribution in [1.82, 2.24) is 0 Å². The lowest BCUT2D eigenvalue weighted by Gasteiger charge is -2.13. The van der Waals surface area contributed by atoms with Gasteiger partial charge in [-0.25, -0.2) is 0 Å². The Morgan fingerprint density at radius 3 is 0.786 bits per heavy atom. The standard InChI is InChI=1S/C14H20/c1-2-9(1)13(10-3-4-10)14(11-5-6-11)12-7-8-12/h9-12H,1-8H2. The van der Waals surface area contributed by atoms with Crippen LogP contribution >= 0.6 is 0 Å². The van der Waals surface area contributed by atoms with Crippen molar-refractivity contribution in [2.75, 3.05) is 0 Å². The lowest BCUT2D eigenvalue weighted by molar-refractivity contribution is 0.742. The smallest absolute Gasteiger partial charge is 0.0197 e. The highest BCUT2D eigenvalue weighted by atomic mass is 14.5. The van der Waals surface area contributed by atoms with Gasteiger partial charge in [-0.1, -0.05) is 11.1 Å². The first-order valence-corrected chi connectivity index (χ1v) is 6.67. The average Bonchev–Trinajstić information content (AvgIpc) is 3.08. The van der Waals surface area contributed by atoms with Gasteiger partial charge in [0, 0.05) is 0 Å². The van der Waals surface area contributed by atoms with Crippen LogP contribution in [0, 0.1) is 23.7 Å². The Morgan fingerprint density at radius 1 is 0.429 bits per heavy atom. The first kappa shape index (κ1) is 7.96. The normalized spacial score (nSPS) is 31.7. The van der Waals surface area contributed by atoms with E-state index in [9.17, 15) is 0 Å². The Hall–Kier alpha value is -0.260. The third kappa shape index (κ3) is 1.34. The summed E-state index contributed by atoms with van der Waals surface area (Å²) in [5.74, 6) is 4.33. The van der Waals surface area contributed by atoms with E-state index >= 15 is 0 Å². The highest BCUT2D eigenvalue weighted by molar-refractivity contribution is 5.34. The van der Waals surface area contributed by atoms with Crippen LogP contribution in [0.5, 0.6) is 0 Å². The van der Waals surface area contributed by atoms with Gasteiger partial charge in [0.1, 0.15) is 0 Å². The summed E-state index contributed by atoms with van der Waals surface area (Å²) >= 11 is 0. The van der Waals surface area contributed by atoms with E-state index in [2.05, 4.69) is 0 Å². The molecule has 0 aromatic rings. The molecule has 4 saturated carbocycles. The number of hydrogen-bond donors (Lipinski definition) is 0. The van der Waals surface area contributed by atoms with Gasteiger partial charge in [-0.05, 0) is 75.0 Å². The van der Waals surface area contributed by atoms with Crippen LogP contribution in [-0.2, 0) is 0 Å². The molecule has 0 aromatic heterocycles. The average molecular weight is 188 g/mol. The SMILES string of the molecule is C1CC1C(=C(C1CC1)C1CC1)C1CC1. The zero-order valence-corrected chi connectivity index (χ0v) is 8.97. The molecule has 0 nitrogen and oxygen atoms in total. The molecule has 0 unspecified atom stereocenters. The fourth-order valence-electron chi connectivity index (χ4n) is 3.19. The second kappa shape index (κ2) is 2.65. The molecule has 0 heterocycles. The quantitative estimate of drug-likeness (QED) is 0.586. The van der Waals surface area contributed by atoms with Gasteiger partial charge < -0.3 is 0 Å². The van der Waals surface area contributed by atoms with Gasteiger partial charge >= 0.3 is 0 Å². The van der Waals surface area contributed by atoms with Crippen LogP contribution in [-0.4, -0.2) is 0 Å². The van der Waals surface area contributed by atoms with Crippen LogP contribution in [0.4, 0.5) is 0 Å². The zero-order valence-electron chi connectivity index (χ0n) is 8.97. The summed E-state index contributed by atoms with van der Waals surface area (Å²) < 4.78 is 0. The molecule has 0 radical (unpaired) electrons. The fourth-order valence-corrected chi connectivity index (χ4v) is 3.19. The Bertz CT molecular complexity index is 225. The Balaban J connectivity index is 1.71. The number of hydrogen-bond acceptors (Lipinski definition) is 0. The maximum absolute atomic E-state index is 2.02. The molecule has 0 aromatic carbocycles. The van der Waals surface area contributed by atoms with Crippen LogP contribution in [0.1, 0.15) is 51.4 Å². The lowest BCUT2D eigenvalue weighted by atomic mass is 9.92. The van der Waals surface area contributed by atoms with Crippen LogP contribution in [0.25, 0.3) is 0 Å². The van der Waals surface area contributed by atoms with Crippen molar-refractivity contribution in [2.24, 2.45) is 23.7 Å². The topological polar surface area (TPSA) is 0 Å². The van der Waals surface area contributed by atoms with Crippen molar-refractivity contribution >= 4 is 0 Å². The van der Waals surface area contributed by atoms with Crippen LogP contribution in [0.15, 0.2) is 11.1 Å². The van der Waals surface area contributed by atoms with Gasteiger partial charge in [0.25, 0.3) is 0 Å². The van der Waals surface area contributed by atoms with Gasteiger partial charge in [0.05, 0.1) is 0 Å². The maximum atomic E-state index is 2.02. The number of rotatable bonds is 4. The highest BCUT2D eigenvalue weighted by Gasteiger charge is 2.45. The Morgan fingerprint density at radius 2 is 0.643 bits per heavy atom. The molecule has 4 aliphatic rings. The van der Waals surface area contributed by atoms with E-state index in [4.69, 9.17) is 0 Å². The van der Waals surface area contributed by atoms with Crippen molar-refractivity contribution in [2.45, 2.75) is 51.4 Å². The molecule has 4 aliphatic carbocycles. The van der Waals surface area contributed by atoms with Crippen molar-refractivity contribution in [3.63, 3.8) is 0 Å². The van der Waals surface area contributed by atoms with E-state index in [0.717, 1.165) is 23.7 Å². The fraction of sp³-hybridized carbons (Fsp3) is 0.857. The van der Waals surface area contributed by atoms with E-state index in [0.29, 0.717) is 0 Å². The van der Waals surface area contributed by atoms with Crippen molar-refractivity contribution in [1.29, 1.82) is 0 Å². The molecule has 0 saturated heterocycles. The molecule has 0 N–H and O–H groups in total. The molecule has 76 valence electrons. The van der Waals surface area contributed by atoms with Gasteiger partial charge in [-0.3, -0.25) is 0 Å². The van der Waals surface area contributed by atoms with Crippen molar-refractivity contribution < 1.29 is 0 Å². The Labute approximate surface area is 86.8 Å². The van der Waals surface area contributed by atoms with Crippen LogP contribution < -0.4 is 0 Å². The predicted octanol–water partition coefficient (Wildman–Crippen LogP) is 3.92. The largest absolute Gasteiger partial charge is 0.0642 e. The Kier molecular flexibility index (Phi) is 1.51. The van der Waals surface area contributed by atoms with Gasteiger partial charge in [0.15, 0.2) is 0 Å². The molecule has 0 aliphatic heterocycles.